The lowest BCUT2D eigenvalue weighted by atomic mass is 10.1. The molecule has 0 saturated heterocycles. The molecule has 1 saturated carbocycles. The maximum atomic E-state index is 11.9. The molecule has 1 aliphatic rings. The van der Waals surface area contributed by atoms with E-state index < -0.39 is 5.97 Å². The fraction of sp³-hybridized carbons (Fsp3) is 0.500. The van der Waals surface area contributed by atoms with Crippen LogP contribution in [0.3, 0.4) is 0 Å². The van der Waals surface area contributed by atoms with Gasteiger partial charge in [-0.15, -0.1) is 0 Å². The van der Waals surface area contributed by atoms with Gasteiger partial charge in [0, 0.05) is 17.0 Å². The van der Waals surface area contributed by atoms with Crippen LogP contribution in [0.1, 0.15) is 29.6 Å². The minimum Gasteiger partial charge on any atom is -0.465 e. The van der Waals surface area contributed by atoms with Crippen molar-refractivity contribution in [3.05, 3.63) is 22.7 Å². The number of ether oxygens (including phenoxy) is 1. The van der Waals surface area contributed by atoms with Gasteiger partial charge in [0.05, 0.1) is 23.4 Å². The van der Waals surface area contributed by atoms with E-state index in [1.165, 1.54) is 20.0 Å². The van der Waals surface area contributed by atoms with Crippen LogP contribution in [0.15, 0.2) is 12.1 Å². The summed E-state index contributed by atoms with van der Waals surface area (Å²) in [7, 11) is 1.35. The summed E-state index contributed by atoms with van der Waals surface area (Å²) in [5.74, 6) is -0.430. The second-order valence-corrected chi connectivity index (χ2v) is 6.36. The first-order valence-corrected chi connectivity index (χ1v) is 8.20. The molecule has 0 aliphatic heterocycles. The molecule has 1 aromatic rings. The quantitative estimate of drug-likeness (QED) is 0.658. The van der Waals surface area contributed by atoms with Crippen molar-refractivity contribution in [1.82, 2.24) is 0 Å². The van der Waals surface area contributed by atoms with E-state index in [0.717, 1.165) is 6.42 Å². The van der Waals surface area contributed by atoms with Crippen LogP contribution >= 0.6 is 23.4 Å². The molecule has 2 atom stereocenters. The van der Waals surface area contributed by atoms with Gasteiger partial charge in [0.15, 0.2) is 0 Å². The summed E-state index contributed by atoms with van der Waals surface area (Å²) in [5.41, 5.74) is 7.23. The average molecular weight is 315 g/mol. The van der Waals surface area contributed by atoms with Crippen molar-refractivity contribution in [3.63, 3.8) is 0 Å². The van der Waals surface area contributed by atoms with E-state index in [4.69, 9.17) is 22.1 Å². The number of nitrogens with one attached hydrogen (secondary N) is 1. The average Bonchev–Trinajstić information content (AvgIpc) is 2.87. The molecular weight excluding hydrogens is 296 g/mol. The molecular formula is C14H19ClN2O2S. The number of nitrogen functional groups attached to an aromatic ring is 1. The minimum atomic E-state index is -0.430. The van der Waals surface area contributed by atoms with Crippen LogP contribution in [0, 0.1) is 0 Å². The molecule has 6 heteroatoms. The molecule has 1 aromatic carbocycles. The van der Waals surface area contributed by atoms with E-state index in [1.807, 2.05) is 11.8 Å². The predicted molar refractivity (Wildman–Crippen MR) is 85.8 cm³/mol. The van der Waals surface area contributed by atoms with Gasteiger partial charge in [0.1, 0.15) is 0 Å². The first kappa shape index (κ1) is 15.3. The molecule has 2 unspecified atom stereocenters. The summed E-state index contributed by atoms with van der Waals surface area (Å²) in [4.78, 5) is 11.9. The van der Waals surface area contributed by atoms with Crippen molar-refractivity contribution in [2.24, 2.45) is 0 Å². The molecule has 110 valence electrons. The van der Waals surface area contributed by atoms with Crippen molar-refractivity contribution >= 4 is 40.7 Å². The second-order valence-electron chi connectivity index (χ2n) is 4.87. The lowest BCUT2D eigenvalue weighted by molar-refractivity contribution is 0.0602. The zero-order chi connectivity index (χ0) is 14.7. The number of benzene rings is 1. The number of carbonyl (C=O) groups is 1. The maximum Gasteiger partial charge on any atom is 0.340 e. The van der Waals surface area contributed by atoms with Gasteiger partial charge in [0.2, 0.25) is 0 Å². The Balaban J connectivity index is 2.32. The Kier molecular flexibility index (Phi) is 5.05. The van der Waals surface area contributed by atoms with E-state index in [-0.39, 0.29) is 0 Å². The Morgan fingerprint density at radius 3 is 2.90 bits per heavy atom. The van der Waals surface area contributed by atoms with E-state index >= 15 is 0 Å². The zero-order valence-corrected chi connectivity index (χ0v) is 13.2. The molecule has 0 amide bonds. The number of halogens is 1. The monoisotopic (exact) mass is 314 g/mol. The molecule has 3 N–H and O–H groups in total. The van der Waals surface area contributed by atoms with E-state index in [1.54, 1.807) is 12.1 Å². The molecule has 1 fully saturated rings. The normalized spacial score (nSPS) is 21.8. The molecule has 0 spiro atoms. The third-order valence-corrected chi connectivity index (χ3v) is 5.07. The Bertz CT molecular complexity index is 510. The number of rotatable bonds is 4. The fourth-order valence-electron chi connectivity index (χ4n) is 2.60. The van der Waals surface area contributed by atoms with Crippen LogP contribution in [0.4, 0.5) is 11.4 Å². The van der Waals surface area contributed by atoms with Crippen molar-refractivity contribution in [2.45, 2.75) is 30.6 Å². The van der Waals surface area contributed by atoms with E-state index in [2.05, 4.69) is 11.6 Å². The summed E-state index contributed by atoms with van der Waals surface area (Å²) in [6.45, 7) is 0. The van der Waals surface area contributed by atoms with Crippen molar-refractivity contribution in [1.29, 1.82) is 0 Å². The van der Waals surface area contributed by atoms with Gasteiger partial charge >= 0.3 is 5.97 Å². The lowest BCUT2D eigenvalue weighted by Crippen LogP contribution is -2.27. The Morgan fingerprint density at radius 1 is 1.50 bits per heavy atom. The van der Waals surface area contributed by atoms with Crippen LogP contribution < -0.4 is 11.1 Å². The number of esters is 1. The number of hydrogen-bond donors (Lipinski definition) is 2. The summed E-state index contributed by atoms with van der Waals surface area (Å²) >= 11 is 8.09. The standard InChI is InChI=1S/C14H19ClN2O2S/c1-19-14(18)9-6-8(16)7-10(15)13(9)17-11-4-3-5-12(11)20-2/h6-7,11-12,17H,3-5,16H2,1-2H3. The molecule has 0 aromatic heterocycles. The highest BCUT2D eigenvalue weighted by molar-refractivity contribution is 7.99. The van der Waals surface area contributed by atoms with Crippen LogP contribution in [0.2, 0.25) is 5.02 Å². The smallest absolute Gasteiger partial charge is 0.340 e. The first-order valence-electron chi connectivity index (χ1n) is 6.53. The Hall–Kier alpha value is -1.07. The topological polar surface area (TPSA) is 64.3 Å². The van der Waals surface area contributed by atoms with Crippen molar-refractivity contribution < 1.29 is 9.53 Å². The molecule has 1 aliphatic carbocycles. The minimum absolute atomic E-state index is 0.314. The first-order chi connectivity index (χ1) is 9.56. The summed E-state index contributed by atoms with van der Waals surface area (Å²) < 4.78 is 4.81. The van der Waals surface area contributed by atoms with Crippen LogP contribution in [0.5, 0.6) is 0 Å². The highest BCUT2D eigenvalue weighted by Gasteiger charge is 2.28. The predicted octanol–water partition coefficient (Wildman–Crippen LogP) is 3.40. The van der Waals surface area contributed by atoms with Gasteiger partial charge in [-0.05, 0) is 31.2 Å². The van der Waals surface area contributed by atoms with Crippen molar-refractivity contribution in [3.8, 4) is 0 Å². The fourth-order valence-corrected chi connectivity index (χ4v) is 3.82. The summed E-state index contributed by atoms with van der Waals surface area (Å²) in [5, 5.41) is 4.40. The third kappa shape index (κ3) is 3.15. The number of anilines is 2. The Morgan fingerprint density at radius 2 is 2.25 bits per heavy atom. The van der Waals surface area contributed by atoms with E-state index in [0.29, 0.717) is 33.3 Å². The van der Waals surface area contributed by atoms with Crippen LogP contribution in [0.25, 0.3) is 0 Å². The number of methoxy groups -OCH3 is 1. The number of nitrogens with two attached hydrogens (primary N) is 1. The van der Waals surface area contributed by atoms with Crippen LogP contribution in [-0.2, 0) is 4.74 Å². The number of thioether (sulfide) groups is 1. The molecule has 0 heterocycles. The van der Waals surface area contributed by atoms with Crippen molar-refractivity contribution in [2.75, 3.05) is 24.4 Å². The SMILES string of the molecule is COC(=O)c1cc(N)cc(Cl)c1NC1CCCC1SC. The zero-order valence-electron chi connectivity index (χ0n) is 11.6. The van der Waals surface area contributed by atoms with E-state index in [9.17, 15) is 4.79 Å². The molecule has 0 radical (unpaired) electrons. The maximum absolute atomic E-state index is 11.9. The highest BCUT2D eigenvalue weighted by atomic mass is 35.5. The highest BCUT2D eigenvalue weighted by Crippen LogP contribution is 2.35. The summed E-state index contributed by atoms with van der Waals surface area (Å²) in [6.07, 6.45) is 5.55. The lowest BCUT2D eigenvalue weighted by Gasteiger charge is -2.23. The summed E-state index contributed by atoms with van der Waals surface area (Å²) in [6, 6.07) is 3.57. The molecule has 4 nitrogen and oxygen atoms in total. The number of carbonyl (C=O) groups excluding carboxylic acids is 1. The van der Waals surface area contributed by atoms with Gasteiger partial charge in [-0.2, -0.15) is 11.8 Å². The molecule has 2 rings (SSSR count). The molecule has 0 bridgehead atoms. The van der Waals surface area contributed by atoms with Gasteiger partial charge < -0.3 is 15.8 Å². The van der Waals surface area contributed by atoms with Gasteiger partial charge in [-0.1, -0.05) is 18.0 Å². The van der Waals surface area contributed by atoms with Gasteiger partial charge in [0.25, 0.3) is 0 Å². The number of hydrogen-bond acceptors (Lipinski definition) is 5. The van der Waals surface area contributed by atoms with Crippen LogP contribution in [-0.4, -0.2) is 30.6 Å². The Labute approximate surface area is 128 Å². The van der Waals surface area contributed by atoms with Gasteiger partial charge in [-0.3, -0.25) is 0 Å². The third-order valence-electron chi connectivity index (χ3n) is 3.60. The second kappa shape index (κ2) is 6.59. The van der Waals surface area contributed by atoms with Gasteiger partial charge in [-0.25, -0.2) is 4.79 Å². The largest absolute Gasteiger partial charge is 0.465 e. The molecule has 20 heavy (non-hydrogen) atoms.